The molecule has 236 valence electrons. The normalized spacial score (nSPS) is 19.2. The van der Waals surface area contributed by atoms with Crippen molar-refractivity contribution in [2.75, 3.05) is 44.4 Å². The lowest BCUT2D eigenvalue weighted by Crippen LogP contribution is -2.63. The third kappa shape index (κ3) is 5.84. The number of nitrogens with one attached hydrogen (secondary N) is 1. The molecule has 0 bridgehead atoms. The topological polar surface area (TPSA) is 141 Å². The number of hydrogen-bond acceptors (Lipinski definition) is 10. The summed E-state index contributed by atoms with van der Waals surface area (Å²) in [6.45, 7) is 6.54. The lowest BCUT2D eigenvalue weighted by atomic mass is 10.0. The summed E-state index contributed by atoms with van der Waals surface area (Å²) < 4.78 is 83.0. The van der Waals surface area contributed by atoms with Gasteiger partial charge in [0, 0.05) is 32.7 Å². The molecule has 2 saturated heterocycles. The standard InChI is InChI=1S/C25H32F3N7O6S2/c1-14-10-33(6-7-34(14)23(37)41-24(2,3)4)16-8-15(43(38,39)31-25(11-26)12-40-13-25)9-17-18(16)32(5)22(36)35(17)21-30-29-20(42-21)19(27)28/h8-9,14,19,31H,6-7,10-13H2,1-5H3/t14-/m1/s1. The molecule has 43 heavy (non-hydrogen) atoms. The maximum atomic E-state index is 13.8. The van der Waals surface area contributed by atoms with Crippen molar-refractivity contribution >= 4 is 44.2 Å². The summed E-state index contributed by atoms with van der Waals surface area (Å²) in [5.74, 6) is 0. The first-order valence-electron chi connectivity index (χ1n) is 13.4. The minimum absolute atomic E-state index is 0.0729. The van der Waals surface area contributed by atoms with Crippen LogP contribution in [0.1, 0.15) is 39.1 Å². The van der Waals surface area contributed by atoms with Crippen molar-refractivity contribution in [3.8, 4) is 5.13 Å². The van der Waals surface area contributed by atoms with Crippen molar-refractivity contribution in [2.45, 2.75) is 56.2 Å². The molecule has 2 aliphatic rings. The largest absolute Gasteiger partial charge is 0.444 e. The number of amides is 1. The van der Waals surface area contributed by atoms with Gasteiger partial charge in [-0.15, -0.1) is 10.2 Å². The third-order valence-electron chi connectivity index (χ3n) is 7.18. The van der Waals surface area contributed by atoms with Crippen LogP contribution in [0, 0.1) is 0 Å². The van der Waals surface area contributed by atoms with Gasteiger partial charge in [-0.25, -0.2) is 35.7 Å². The molecule has 18 heteroatoms. The number of rotatable bonds is 7. The maximum Gasteiger partial charge on any atom is 0.410 e. The van der Waals surface area contributed by atoms with Gasteiger partial charge in [0.05, 0.1) is 34.8 Å². The molecule has 4 heterocycles. The van der Waals surface area contributed by atoms with Crippen LogP contribution in [0.15, 0.2) is 21.8 Å². The third-order valence-corrected chi connectivity index (χ3v) is 9.65. The number of nitrogens with zero attached hydrogens (tertiary/aromatic N) is 6. The molecule has 2 aliphatic heterocycles. The number of sulfonamides is 1. The van der Waals surface area contributed by atoms with E-state index >= 15 is 0 Å². The van der Waals surface area contributed by atoms with Crippen LogP contribution < -0.4 is 15.3 Å². The molecule has 0 unspecified atom stereocenters. The van der Waals surface area contributed by atoms with E-state index in [1.807, 2.05) is 11.8 Å². The first-order chi connectivity index (χ1) is 20.1. The second kappa shape index (κ2) is 11.0. The molecule has 5 rings (SSSR count). The first kappa shape index (κ1) is 31.2. The summed E-state index contributed by atoms with van der Waals surface area (Å²) in [5, 5.41) is 6.47. The highest BCUT2D eigenvalue weighted by molar-refractivity contribution is 7.89. The number of halogens is 3. The monoisotopic (exact) mass is 647 g/mol. The zero-order valence-electron chi connectivity index (χ0n) is 24.1. The van der Waals surface area contributed by atoms with Gasteiger partial charge < -0.3 is 19.3 Å². The van der Waals surface area contributed by atoms with Crippen molar-refractivity contribution in [2.24, 2.45) is 7.05 Å². The van der Waals surface area contributed by atoms with Crippen molar-refractivity contribution in [3.63, 3.8) is 0 Å². The number of anilines is 1. The van der Waals surface area contributed by atoms with Gasteiger partial charge in [-0.1, -0.05) is 11.3 Å². The molecule has 1 atom stereocenters. The van der Waals surface area contributed by atoms with Crippen LogP contribution in [0.5, 0.6) is 0 Å². The van der Waals surface area contributed by atoms with E-state index in [1.165, 1.54) is 23.7 Å². The Kier molecular flexibility index (Phi) is 8.02. The van der Waals surface area contributed by atoms with Gasteiger partial charge in [0.25, 0.3) is 6.43 Å². The quantitative estimate of drug-likeness (QED) is 0.410. The van der Waals surface area contributed by atoms with Gasteiger partial charge >= 0.3 is 11.8 Å². The van der Waals surface area contributed by atoms with E-state index in [-0.39, 0.29) is 54.4 Å². The minimum atomic E-state index is -4.37. The average Bonchev–Trinajstić information content (AvgIpc) is 3.47. The number of carbonyl (C=O) groups excluding carboxylic acids is 1. The zero-order valence-corrected chi connectivity index (χ0v) is 25.8. The Morgan fingerprint density at radius 3 is 2.49 bits per heavy atom. The van der Waals surface area contributed by atoms with Crippen molar-refractivity contribution in [1.29, 1.82) is 0 Å². The van der Waals surface area contributed by atoms with Crippen LogP contribution in [0.2, 0.25) is 0 Å². The average molecular weight is 648 g/mol. The molecule has 1 amide bonds. The Morgan fingerprint density at radius 1 is 1.26 bits per heavy atom. The summed E-state index contributed by atoms with van der Waals surface area (Å²) in [6, 6.07) is 2.23. The van der Waals surface area contributed by atoms with Crippen LogP contribution in [-0.4, -0.2) is 95.4 Å². The van der Waals surface area contributed by atoms with Crippen LogP contribution >= 0.6 is 11.3 Å². The molecule has 13 nitrogen and oxygen atoms in total. The predicted molar refractivity (Wildman–Crippen MR) is 151 cm³/mol. The van der Waals surface area contributed by atoms with Crippen molar-refractivity contribution < 1.29 is 35.9 Å². The fourth-order valence-corrected chi connectivity index (χ4v) is 7.15. The molecule has 2 fully saturated rings. The number of aromatic nitrogens is 4. The number of ether oxygens (including phenoxy) is 2. The predicted octanol–water partition coefficient (Wildman–Crippen LogP) is 2.58. The van der Waals surface area contributed by atoms with E-state index in [4.69, 9.17) is 9.47 Å². The second-order valence-corrected chi connectivity index (χ2v) is 14.4. The molecule has 1 N–H and O–H groups in total. The highest BCUT2D eigenvalue weighted by Crippen LogP contribution is 2.35. The first-order valence-corrected chi connectivity index (χ1v) is 15.7. The van der Waals surface area contributed by atoms with Crippen LogP contribution in [0.4, 0.5) is 23.7 Å². The molecule has 0 radical (unpaired) electrons. The number of hydrogen-bond donors (Lipinski definition) is 1. The smallest absolute Gasteiger partial charge is 0.410 e. The molecule has 0 aliphatic carbocycles. The lowest BCUT2D eigenvalue weighted by molar-refractivity contribution is -0.0725. The zero-order chi connectivity index (χ0) is 31.5. The second-order valence-electron chi connectivity index (χ2n) is 11.7. The van der Waals surface area contributed by atoms with Crippen molar-refractivity contribution in [3.05, 3.63) is 27.6 Å². The summed E-state index contributed by atoms with van der Waals surface area (Å²) in [7, 11) is -2.90. The number of imidazole rings is 1. The number of carbonyl (C=O) groups is 1. The number of piperazine rings is 1. The van der Waals surface area contributed by atoms with Gasteiger partial charge in [-0.2, -0.15) is 4.72 Å². The molecule has 0 saturated carbocycles. The van der Waals surface area contributed by atoms with Gasteiger partial charge in [-0.3, -0.25) is 4.57 Å². The van der Waals surface area contributed by atoms with Crippen molar-refractivity contribution in [1.82, 2.24) is 29.0 Å². The lowest BCUT2D eigenvalue weighted by Gasteiger charge is -2.41. The highest BCUT2D eigenvalue weighted by atomic mass is 32.2. The molecule has 0 spiro atoms. The van der Waals surface area contributed by atoms with Crippen LogP contribution in [0.25, 0.3) is 16.2 Å². The van der Waals surface area contributed by atoms with Gasteiger partial charge in [0.1, 0.15) is 17.8 Å². The fraction of sp³-hybridized carbons (Fsp3) is 0.600. The van der Waals surface area contributed by atoms with Gasteiger partial charge in [-0.05, 0) is 39.8 Å². The molecule has 1 aromatic carbocycles. The highest BCUT2D eigenvalue weighted by Gasteiger charge is 2.43. The Balaban J connectivity index is 1.63. The summed E-state index contributed by atoms with van der Waals surface area (Å²) in [6.07, 6.45) is -3.41. The fourth-order valence-electron chi connectivity index (χ4n) is 5.05. The van der Waals surface area contributed by atoms with E-state index in [9.17, 15) is 31.2 Å². The number of benzene rings is 1. The molecular formula is C25H32F3N7O6S2. The summed E-state index contributed by atoms with van der Waals surface area (Å²) in [5.41, 5.74) is -2.07. The summed E-state index contributed by atoms with van der Waals surface area (Å²) in [4.78, 5) is 29.4. The van der Waals surface area contributed by atoms with Crippen LogP contribution in [0.3, 0.4) is 0 Å². The van der Waals surface area contributed by atoms with Gasteiger partial charge in [0.15, 0.2) is 5.01 Å². The summed E-state index contributed by atoms with van der Waals surface area (Å²) >= 11 is 0.500. The minimum Gasteiger partial charge on any atom is -0.444 e. The molecular weight excluding hydrogens is 615 g/mol. The Labute approximate surface area is 249 Å². The van der Waals surface area contributed by atoms with Crippen LogP contribution in [-0.2, 0) is 26.5 Å². The molecule has 2 aromatic heterocycles. The number of fused-ring (bicyclic) bond motifs is 1. The molecule has 3 aromatic rings. The Hall–Kier alpha value is -3.22. The van der Waals surface area contributed by atoms with E-state index in [0.717, 1.165) is 4.57 Å². The van der Waals surface area contributed by atoms with E-state index in [0.29, 0.717) is 22.5 Å². The van der Waals surface area contributed by atoms with E-state index in [2.05, 4.69) is 14.9 Å². The Bertz CT molecular complexity index is 1710. The van der Waals surface area contributed by atoms with Gasteiger partial charge in [0.2, 0.25) is 15.2 Å². The number of aryl methyl sites for hydroxylation is 1. The van der Waals surface area contributed by atoms with E-state index in [1.54, 1.807) is 25.7 Å². The Morgan fingerprint density at radius 2 is 1.95 bits per heavy atom. The SMILES string of the molecule is C[C@@H]1CN(c2cc(S(=O)(=O)NC3(CF)COC3)cc3c2n(C)c(=O)n3-c2nnc(C(F)F)s2)CCN1C(=O)OC(C)(C)C. The number of alkyl halides is 3. The maximum absolute atomic E-state index is 13.8. The van der Waals surface area contributed by atoms with E-state index < -0.39 is 51.1 Å².